The Morgan fingerprint density at radius 3 is 1.87 bits per heavy atom. The van der Waals surface area contributed by atoms with Gasteiger partial charge in [-0.2, -0.15) is 0 Å². The first-order chi connectivity index (χ1) is 26.8. The zero-order chi connectivity index (χ0) is 35.3. The van der Waals surface area contributed by atoms with E-state index in [4.69, 9.17) is 9.97 Å². The second kappa shape index (κ2) is 11.2. The van der Waals surface area contributed by atoms with Crippen molar-refractivity contribution >= 4 is 65.3 Å². The van der Waals surface area contributed by atoms with Crippen molar-refractivity contribution in [2.24, 2.45) is 0 Å². The van der Waals surface area contributed by atoms with E-state index in [2.05, 4.69) is 179 Å². The lowest BCUT2D eigenvalue weighted by molar-refractivity contribution is 1.01. The van der Waals surface area contributed by atoms with E-state index >= 15 is 0 Å². The Balaban J connectivity index is 1.08. The highest BCUT2D eigenvalue weighted by atomic mass is 15.2. The minimum absolute atomic E-state index is 0.680. The van der Waals surface area contributed by atoms with E-state index in [-0.39, 0.29) is 0 Å². The number of para-hydroxylation sites is 4. The van der Waals surface area contributed by atoms with E-state index in [1.54, 1.807) is 0 Å². The molecular weight excluding hydrogens is 657 g/mol. The first kappa shape index (κ1) is 29.5. The second-order valence-corrected chi connectivity index (χ2v) is 14.5. The number of benzene rings is 8. The molecule has 12 rings (SSSR count). The molecule has 0 saturated carbocycles. The summed E-state index contributed by atoms with van der Waals surface area (Å²) in [5, 5.41) is 8.59. The van der Waals surface area contributed by atoms with Gasteiger partial charge in [-0.25, -0.2) is 9.97 Å². The van der Waals surface area contributed by atoms with E-state index in [0.29, 0.717) is 5.95 Å². The van der Waals surface area contributed by atoms with Crippen LogP contribution in [-0.2, 0) is 12.8 Å². The zero-order valence-electron chi connectivity index (χ0n) is 29.4. The van der Waals surface area contributed by atoms with Crippen molar-refractivity contribution in [3.63, 3.8) is 0 Å². The molecule has 1 aliphatic carbocycles. The lowest BCUT2D eigenvalue weighted by atomic mass is 9.96. The van der Waals surface area contributed by atoms with Crippen LogP contribution in [0.15, 0.2) is 170 Å². The molecule has 8 aromatic carbocycles. The van der Waals surface area contributed by atoms with Crippen LogP contribution in [0, 0.1) is 0 Å². The molecule has 252 valence electrons. The van der Waals surface area contributed by atoms with E-state index in [9.17, 15) is 0 Å². The summed E-state index contributed by atoms with van der Waals surface area (Å²) >= 11 is 0. The number of fused-ring (bicyclic) bond motifs is 7. The molecule has 0 atom stereocenters. The monoisotopic (exact) mass is 688 g/mol. The van der Waals surface area contributed by atoms with Crippen molar-refractivity contribution in [1.82, 2.24) is 19.1 Å². The van der Waals surface area contributed by atoms with Gasteiger partial charge in [0.25, 0.3) is 0 Å². The predicted octanol–water partition coefficient (Wildman–Crippen LogP) is 12.4. The third-order valence-corrected chi connectivity index (χ3v) is 11.6. The Morgan fingerprint density at radius 1 is 0.389 bits per heavy atom. The summed E-state index contributed by atoms with van der Waals surface area (Å²) < 4.78 is 4.64. The van der Waals surface area contributed by atoms with Crippen LogP contribution in [0.5, 0.6) is 0 Å². The van der Waals surface area contributed by atoms with Crippen molar-refractivity contribution in [3.05, 3.63) is 181 Å². The van der Waals surface area contributed by atoms with Gasteiger partial charge in [0, 0.05) is 38.2 Å². The lowest BCUT2D eigenvalue weighted by Gasteiger charge is -2.14. The Kier molecular flexibility index (Phi) is 6.14. The molecule has 0 spiro atoms. The first-order valence-electron chi connectivity index (χ1n) is 18.7. The van der Waals surface area contributed by atoms with Gasteiger partial charge in [0.2, 0.25) is 5.95 Å². The molecule has 3 heterocycles. The summed E-state index contributed by atoms with van der Waals surface area (Å²) in [6.07, 6.45) is 2.19. The molecule has 0 bridgehead atoms. The number of hydrogen-bond acceptors (Lipinski definition) is 2. The fourth-order valence-corrected chi connectivity index (χ4v) is 9.20. The number of aryl methyl sites for hydroxylation is 2. The van der Waals surface area contributed by atoms with Gasteiger partial charge < -0.3 is 4.57 Å². The Bertz CT molecular complexity index is 3320. The third-order valence-electron chi connectivity index (χ3n) is 11.6. The number of hydrogen-bond donors (Lipinski definition) is 0. The molecule has 0 saturated heterocycles. The zero-order valence-corrected chi connectivity index (χ0v) is 29.4. The minimum Gasteiger partial charge on any atom is -0.309 e. The van der Waals surface area contributed by atoms with Gasteiger partial charge in [-0.3, -0.25) is 4.57 Å². The molecule has 0 radical (unpaired) electrons. The van der Waals surface area contributed by atoms with Gasteiger partial charge in [0.1, 0.15) is 0 Å². The standard InChI is InChI=1S/C50H32N4/c1-2-12-35(13-3-1)53-44-19-8-5-14-36(44)38-26-24-34(30-47(38)53)33-25-28-46-42(29-33)37-15-6-9-20-45(37)54(46)50-51-43-18-7-4-16-41(43)49(52-50)40-27-23-32-22-21-31-11-10-17-39(40)48(31)32/h1-20,23-30H,21-22H2. The molecule has 4 nitrogen and oxygen atoms in total. The highest BCUT2D eigenvalue weighted by Crippen LogP contribution is 2.41. The maximum absolute atomic E-state index is 5.47. The molecule has 0 aliphatic heterocycles. The van der Waals surface area contributed by atoms with Crippen LogP contribution >= 0.6 is 0 Å². The average Bonchev–Trinajstić information content (AvgIpc) is 3.91. The fourth-order valence-electron chi connectivity index (χ4n) is 9.20. The largest absolute Gasteiger partial charge is 0.309 e. The number of nitrogens with zero attached hydrogens (tertiary/aromatic N) is 4. The van der Waals surface area contributed by atoms with Gasteiger partial charge >= 0.3 is 0 Å². The minimum atomic E-state index is 0.680. The average molecular weight is 689 g/mol. The van der Waals surface area contributed by atoms with Crippen LogP contribution < -0.4 is 0 Å². The molecule has 54 heavy (non-hydrogen) atoms. The van der Waals surface area contributed by atoms with E-state index in [0.717, 1.165) is 51.7 Å². The SMILES string of the molecule is c1ccc(-n2c3ccccc3c3ccc(-c4ccc5c(c4)c4ccccc4n5-c4nc(-c5ccc6c7c(cccc57)CC6)c5ccccc5n4)cc32)cc1. The van der Waals surface area contributed by atoms with Crippen molar-refractivity contribution in [1.29, 1.82) is 0 Å². The fraction of sp³-hybridized carbons (Fsp3) is 0.0400. The van der Waals surface area contributed by atoms with Crippen molar-refractivity contribution in [3.8, 4) is 34.0 Å². The number of rotatable bonds is 4. The molecule has 4 heteroatoms. The van der Waals surface area contributed by atoms with Crippen LogP contribution in [0.3, 0.4) is 0 Å². The summed E-state index contributed by atoms with van der Waals surface area (Å²) in [6, 6.07) is 61.5. The molecule has 11 aromatic rings. The molecule has 0 amide bonds. The second-order valence-electron chi connectivity index (χ2n) is 14.5. The van der Waals surface area contributed by atoms with Gasteiger partial charge in [-0.15, -0.1) is 0 Å². The maximum Gasteiger partial charge on any atom is 0.235 e. The summed E-state index contributed by atoms with van der Waals surface area (Å²) in [7, 11) is 0. The summed E-state index contributed by atoms with van der Waals surface area (Å²) in [6.45, 7) is 0. The normalized spacial score (nSPS) is 12.7. The molecular formula is C50H32N4. The van der Waals surface area contributed by atoms with Crippen LogP contribution in [0.1, 0.15) is 11.1 Å². The first-order valence-corrected chi connectivity index (χ1v) is 18.7. The maximum atomic E-state index is 5.47. The molecule has 0 N–H and O–H groups in total. The van der Waals surface area contributed by atoms with Crippen molar-refractivity contribution < 1.29 is 0 Å². The van der Waals surface area contributed by atoms with Crippen LogP contribution in [0.25, 0.3) is 99.3 Å². The van der Waals surface area contributed by atoms with E-state index < -0.39 is 0 Å². The van der Waals surface area contributed by atoms with E-state index in [1.807, 2.05) is 0 Å². The molecule has 0 unspecified atom stereocenters. The summed E-state index contributed by atoms with van der Waals surface area (Å²) in [4.78, 5) is 10.7. The molecule has 0 fully saturated rings. The topological polar surface area (TPSA) is 35.6 Å². The lowest BCUT2D eigenvalue weighted by Crippen LogP contribution is -2.03. The Hall–Kier alpha value is -7.04. The Morgan fingerprint density at radius 2 is 1.02 bits per heavy atom. The highest BCUT2D eigenvalue weighted by molar-refractivity contribution is 6.13. The number of aromatic nitrogens is 4. The van der Waals surface area contributed by atoms with Gasteiger partial charge in [0.15, 0.2) is 0 Å². The quantitative estimate of drug-likeness (QED) is 0.184. The highest BCUT2D eigenvalue weighted by Gasteiger charge is 2.22. The van der Waals surface area contributed by atoms with Crippen LogP contribution in [-0.4, -0.2) is 19.1 Å². The smallest absolute Gasteiger partial charge is 0.235 e. The van der Waals surface area contributed by atoms with Gasteiger partial charge in [-0.05, 0) is 94.4 Å². The summed E-state index contributed by atoms with van der Waals surface area (Å²) in [5.41, 5.74) is 14.0. The molecule has 1 aliphatic rings. The predicted molar refractivity (Wildman–Crippen MR) is 224 cm³/mol. The third kappa shape index (κ3) is 4.19. The Labute approximate surface area is 311 Å². The van der Waals surface area contributed by atoms with Gasteiger partial charge in [0.05, 0.1) is 33.3 Å². The molecule has 3 aromatic heterocycles. The van der Waals surface area contributed by atoms with Crippen molar-refractivity contribution in [2.75, 3.05) is 0 Å². The van der Waals surface area contributed by atoms with Crippen LogP contribution in [0.2, 0.25) is 0 Å². The summed E-state index contributed by atoms with van der Waals surface area (Å²) in [5.74, 6) is 0.680. The van der Waals surface area contributed by atoms with E-state index in [1.165, 1.54) is 65.6 Å². The van der Waals surface area contributed by atoms with Gasteiger partial charge in [-0.1, -0.05) is 121 Å². The van der Waals surface area contributed by atoms with Crippen molar-refractivity contribution in [2.45, 2.75) is 12.8 Å². The van der Waals surface area contributed by atoms with Crippen LogP contribution in [0.4, 0.5) is 0 Å².